The molecule has 2 aliphatic rings. The smallest absolute Gasteiger partial charge is 0.193 e. The van der Waals surface area contributed by atoms with E-state index >= 15 is 0 Å². The number of alkyl halides is 2. The van der Waals surface area contributed by atoms with Crippen LogP contribution in [-0.2, 0) is 9.47 Å². The van der Waals surface area contributed by atoms with Crippen LogP contribution in [0, 0.1) is 0 Å². The highest BCUT2D eigenvalue weighted by Gasteiger charge is 2.48. The van der Waals surface area contributed by atoms with Gasteiger partial charge in [0.05, 0.1) is 22.9 Å². The van der Waals surface area contributed by atoms with E-state index < -0.39 is 5.79 Å². The van der Waals surface area contributed by atoms with Crippen LogP contribution in [0.4, 0.5) is 0 Å². The molecule has 1 spiro atoms. The highest BCUT2D eigenvalue weighted by Crippen LogP contribution is 2.41. The van der Waals surface area contributed by atoms with E-state index in [1.807, 2.05) is 0 Å². The Kier molecular flexibility index (Phi) is 3.91. The third-order valence-electron chi connectivity index (χ3n) is 3.03. The molecule has 0 unspecified atom stereocenters. The van der Waals surface area contributed by atoms with Crippen molar-refractivity contribution in [2.75, 3.05) is 13.2 Å². The predicted molar refractivity (Wildman–Crippen MR) is 63.2 cm³/mol. The van der Waals surface area contributed by atoms with Gasteiger partial charge < -0.3 is 9.47 Å². The van der Waals surface area contributed by atoms with Gasteiger partial charge in [-0.05, 0) is 12.8 Å². The Bertz CT molecular complexity index is 179. The second-order valence-electron chi connectivity index (χ2n) is 3.99. The van der Waals surface area contributed by atoms with Crippen molar-refractivity contribution in [2.45, 2.75) is 47.5 Å². The Hall–Kier alpha value is 0.880. The Labute approximate surface area is 102 Å². The minimum Gasteiger partial charge on any atom is -0.345 e. The normalized spacial score (nSPS) is 38.1. The van der Waals surface area contributed by atoms with Crippen molar-refractivity contribution in [3.05, 3.63) is 0 Å². The van der Waals surface area contributed by atoms with E-state index in [-0.39, 0.29) is 0 Å². The maximum absolute atomic E-state index is 5.83. The Morgan fingerprint density at radius 2 is 1.36 bits per heavy atom. The van der Waals surface area contributed by atoms with Gasteiger partial charge in [0.2, 0.25) is 0 Å². The summed E-state index contributed by atoms with van der Waals surface area (Å²) < 4.78 is 11.7. The molecule has 82 valence electrons. The Morgan fingerprint density at radius 1 is 0.857 bits per heavy atom. The zero-order valence-corrected chi connectivity index (χ0v) is 11.3. The van der Waals surface area contributed by atoms with E-state index in [1.54, 1.807) is 0 Å². The molecule has 1 saturated heterocycles. The summed E-state index contributed by atoms with van der Waals surface area (Å²) in [6.45, 7) is 1.45. The molecule has 4 heteroatoms. The van der Waals surface area contributed by atoms with E-state index in [0.29, 0.717) is 9.65 Å². The highest BCUT2D eigenvalue weighted by molar-refractivity contribution is 9.10. The molecule has 2 atom stereocenters. The van der Waals surface area contributed by atoms with E-state index in [1.165, 1.54) is 19.3 Å². The molecule has 0 bridgehead atoms. The van der Waals surface area contributed by atoms with E-state index in [4.69, 9.17) is 9.47 Å². The average Bonchev–Trinajstić information content (AvgIpc) is 2.65. The van der Waals surface area contributed by atoms with Gasteiger partial charge in [0.1, 0.15) is 0 Å². The molecule has 0 aromatic rings. The van der Waals surface area contributed by atoms with Gasteiger partial charge >= 0.3 is 0 Å². The molecule has 0 amide bonds. The molecule has 2 rings (SSSR count). The minimum atomic E-state index is -0.402. The highest BCUT2D eigenvalue weighted by atomic mass is 79.9. The van der Waals surface area contributed by atoms with Gasteiger partial charge in [-0.1, -0.05) is 51.1 Å². The van der Waals surface area contributed by atoms with E-state index in [2.05, 4.69) is 31.9 Å². The van der Waals surface area contributed by atoms with Crippen LogP contribution in [0.5, 0.6) is 0 Å². The molecule has 14 heavy (non-hydrogen) atoms. The molecule has 0 N–H and O–H groups in total. The first-order valence-electron chi connectivity index (χ1n) is 5.32. The van der Waals surface area contributed by atoms with Crippen molar-refractivity contribution in [2.24, 2.45) is 0 Å². The SMILES string of the molecule is Br[C@@H]1CCCCC[C@H](Br)C12OCCO2. The van der Waals surface area contributed by atoms with Gasteiger partial charge in [0.15, 0.2) is 5.79 Å². The first-order valence-corrected chi connectivity index (χ1v) is 7.15. The van der Waals surface area contributed by atoms with Gasteiger partial charge in [-0.3, -0.25) is 0 Å². The molecule has 0 aromatic carbocycles. The van der Waals surface area contributed by atoms with Crippen LogP contribution < -0.4 is 0 Å². The number of ether oxygens (including phenoxy) is 2. The standard InChI is InChI=1S/C10H16Br2O2/c11-8-4-2-1-3-5-9(12)10(8)13-6-7-14-10/h8-9H,1-7H2/t8-,9+. The van der Waals surface area contributed by atoms with Crippen LogP contribution in [0.1, 0.15) is 32.1 Å². The fourth-order valence-corrected chi connectivity index (χ4v) is 4.40. The summed E-state index contributed by atoms with van der Waals surface area (Å²) >= 11 is 7.43. The Morgan fingerprint density at radius 3 is 1.86 bits per heavy atom. The van der Waals surface area contributed by atoms with Gasteiger partial charge in [0.25, 0.3) is 0 Å². The third-order valence-corrected chi connectivity index (χ3v) is 5.22. The van der Waals surface area contributed by atoms with Crippen LogP contribution in [0.15, 0.2) is 0 Å². The van der Waals surface area contributed by atoms with Gasteiger partial charge in [-0.2, -0.15) is 0 Å². The molecule has 0 aromatic heterocycles. The second-order valence-corrected chi connectivity index (χ2v) is 6.20. The zero-order chi connectivity index (χ0) is 10.0. The summed E-state index contributed by atoms with van der Waals surface area (Å²) in [5.74, 6) is -0.402. The number of hydrogen-bond donors (Lipinski definition) is 0. The number of halogens is 2. The van der Waals surface area contributed by atoms with Crippen molar-refractivity contribution in [3.63, 3.8) is 0 Å². The summed E-state index contributed by atoms with van der Waals surface area (Å²) in [6.07, 6.45) is 6.14. The quantitative estimate of drug-likeness (QED) is 0.636. The van der Waals surface area contributed by atoms with Crippen molar-refractivity contribution in [1.82, 2.24) is 0 Å². The van der Waals surface area contributed by atoms with Crippen LogP contribution in [0.2, 0.25) is 0 Å². The molecular weight excluding hydrogens is 312 g/mol. The summed E-state index contributed by atoms with van der Waals surface area (Å²) in [6, 6.07) is 0. The summed E-state index contributed by atoms with van der Waals surface area (Å²) in [5, 5.41) is 0. The lowest BCUT2D eigenvalue weighted by atomic mass is 9.95. The maximum Gasteiger partial charge on any atom is 0.193 e. The van der Waals surface area contributed by atoms with Crippen molar-refractivity contribution in [1.29, 1.82) is 0 Å². The van der Waals surface area contributed by atoms with Gasteiger partial charge in [0, 0.05) is 0 Å². The van der Waals surface area contributed by atoms with Crippen LogP contribution in [-0.4, -0.2) is 28.7 Å². The second kappa shape index (κ2) is 4.81. The molecular formula is C10H16Br2O2. The molecule has 2 fully saturated rings. The van der Waals surface area contributed by atoms with Crippen LogP contribution in [0.3, 0.4) is 0 Å². The first-order chi connectivity index (χ1) is 6.76. The topological polar surface area (TPSA) is 18.5 Å². The summed E-state index contributed by atoms with van der Waals surface area (Å²) in [7, 11) is 0. The van der Waals surface area contributed by atoms with Crippen molar-refractivity contribution >= 4 is 31.9 Å². The van der Waals surface area contributed by atoms with Crippen molar-refractivity contribution in [3.8, 4) is 0 Å². The van der Waals surface area contributed by atoms with E-state index in [9.17, 15) is 0 Å². The van der Waals surface area contributed by atoms with Crippen molar-refractivity contribution < 1.29 is 9.47 Å². The largest absolute Gasteiger partial charge is 0.345 e. The monoisotopic (exact) mass is 326 g/mol. The lowest BCUT2D eigenvalue weighted by Crippen LogP contribution is -2.48. The summed E-state index contributed by atoms with van der Waals surface area (Å²) in [4.78, 5) is 0.643. The Balaban J connectivity index is 2.13. The molecule has 1 saturated carbocycles. The fourth-order valence-electron chi connectivity index (χ4n) is 2.23. The third kappa shape index (κ3) is 2.04. The molecule has 1 heterocycles. The first kappa shape index (κ1) is 11.4. The molecule has 2 nitrogen and oxygen atoms in total. The lowest BCUT2D eigenvalue weighted by molar-refractivity contribution is -0.157. The molecule has 0 radical (unpaired) electrons. The zero-order valence-electron chi connectivity index (χ0n) is 8.18. The van der Waals surface area contributed by atoms with Crippen LogP contribution >= 0.6 is 31.9 Å². The number of rotatable bonds is 0. The minimum absolute atomic E-state index is 0.321. The van der Waals surface area contributed by atoms with Gasteiger partial charge in [-0.15, -0.1) is 0 Å². The van der Waals surface area contributed by atoms with Gasteiger partial charge in [-0.25, -0.2) is 0 Å². The predicted octanol–water partition coefficient (Wildman–Crippen LogP) is 3.22. The molecule has 1 aliphatic heterocycles. The lowest BCUT2D eigenvalue weighted by Gasteiger charge is -2.38. The fraction of sp³-hybridized carbons (Fsp3) is 1.00. The van der Waals surface area contributed by atoms with Crippen LogP contribution in [0.25, 0.3) is 0 Å². The number of hydrogen-bond acceptors (Lipinski definition) is 2. The van der Waals surface area contributed by atoms with E-state index in [0.717, 1.165) is 26.1 Å². The average molecular weight is 328 g/mol. The maximum atomic E-state index is 5.83. The summed E-state index contributed by atoms with van der Waals surface area (Å²) in [5.41, 5.74) is 0. The molecule has 1 aliphatic carbocycles.